The molecule has 0 spiro atoms. The van der Waals surface area contributed by atoms with E-state index in [9.17, 15) is 8.96 Å². The van der Waals surface area contributed by atoms with E-state index in [4.69, 9.17) is 9.05 Å². The Morgan fingerprint density at radius 3 is 2.26 bits per heavy atom. The van der Waals surface area contributed by atoms with Crippen LogP contribution in [0.1, 0.15) is 46.5 Å². The van der Waals surface area contributed by atoms with Gasteiger partial charge in [-0.3, -0.25) is 0 Å². The molecule has 0 saturated heterocycles. The summed E-state index contributed by atoms with van der Waals surface area (Å²) in [5.74, 6) is 1.49. The second kappa shape index (κ2) is 11.4. The maximum atomic E-state index is 13.1. The van der Waals surface area contributed by atoms with Gasteiger partial charge in [0.25, 0.3) is 0 Å². The first-order valence-corrected chi connectivity index (χ1v) is 12.0. The molecule has 0 heterocycles. The van der Waals surface area contributed by atoms with Gasteiger partial charge in [-0.05, 0) is 0 Å². The van der Waals surface area contributed by atoms with Crippen molar-refractivity contribution in [1.29, 1.82) is 0 Å². The predicted molar refractivity (Wildman–Crippen MR) is 94.9 cm³/mol. The van der Waals surface area contributed by atoms with Gasteiger partial charge in [-0.25, -0.2) is 0 Å². The van der Waals surface area contributed by atoms with Crippen LogP contribution in [0, 0.1) is 5.82 Å². The quantitative estimate of drug-likeness (QED) is 0.272. The van der Waals surface area contributed by atoms with Gasteiger partial charge in [0.15, 0.2) is 0 Å². The van der Waals surface area contributed by atoms with Crippen molar-refractivity contribution in [2.75, 3.05) is 13.2 Å². The monoisotopic (exact) mass is 458 g/mol. The van der Waals surface area contributed by atoms with Gasteiger partial charge in [0.1, 0.15) is 0 Å². The number of benzene rings is 1. The summed E-state index contributed by atoms with van der Waals surface area (Å²) < 4.78 is 38.8. The van der Waals surface area contributed by atoms with Crippen LogP contribution in [-0.2, 0) is 13.6 Å². The van der Waals surface area contributed by atoms with Gasteiger partial charge in [0.05, 0.1) is 0 Å². The normalized spacial score (nSPS) is 12.6. The number of halogens is 1. The third-order valence-electron chi connectivity index (χ3n) is 3.01. The summed E-state index contributed by atoms with van der Waals surface area (Å²) in [6, 6.07) is 6.60. The molecule has 0 atom stereocenters. The van der Waals surface area contributed by atoms with Crippen molar-refractivity contribution in [2.24, 2.45) is 0 Å². The molecule has 0 radical (unpaired) electrons. The zero-order valence-corrected chi connectivity index (χ0v) is 17.3. The number of rotatable bonds is 11. The molecular formula is C17H26FO3PTe. The van der Waals surface area contributed by atoms with E-state index in [1.165, 1.54) is 12.1 Å². The predicted octanol–water partition coefficient (Wildman–Crippen LogP) is 4.84. The maximum absolute atomic E-state index is 13.1. The molecule has 0 amide bonds. The van der Waals surface area contributed by atoms with E-state index in [-0.39, 0.29) is 5.82 Å². The number of hydrogen-bond donors (Lipinski definition) is 0. The minimum absolute atomic E-state index is 0.230. The molecule has 0 aromatic heterocycles. The fraction of sp³-hybridized carbons (Fsp3) is 0.529. The summed E-state index contributed by atoms with van der Waals surface area (Å²) in [4.78, 5) is 0. The summed E-state index contributed by atoms with van der Waals surface area (Å²) in [5, 5.41) is 0. The molecule has 6 heteroatoms. The summed E-state index contributed by atoms with van der Waals surface area (Å²) in [6.45, 7) is 6.49. The molecule has 130 valence electrons. The van der Waals surface area contributed by atoms with Crippen LogP contribution < -0.4 is 3.61 Å². The van der Waals surface area contributed by atoms with E-state index in [1.54, 1.807) is 5.82 Å². The number of hydrogen-bond acceptors (Lipinski definition) is 3. The average molecular weight is 456 g/mol. The van der Waals surface area contributed by atoms with Crippen LogP contribution in [0.25, 0.3) is 0 Å². The fourth-order valence-electron chi connectivity index (χ4n) is 1.99. The Bertz CT molecular complexity index is 521. The van der Waals surface area contributed by atoms with Crippen LogP contribution in [0.3, 0.4) is 0 Å². The molecule has 0 N–H and O–H groups in total. The van der Waals surface area contributed by atoms with Crippen molar-refractivity contribution in [3.8, 4) is 0 Å². The molecule has 0 aliphatic carbocycles. The van der Waals surface area contributed by atoms with Crippen molar-refractivity contribution in [1.82, 2.24) is 0 Å². The van der Waals surface area contributed by atoms with Gasteiger partial charge in [-0.2, -0.15) is 0 Å². The SMILES string of the molecule is CCCCC/C(=C/P(=O)(OCC)OCC)[Te]c1ccc(F)cc1. The summed E-state index contributed by atoms with van der Waals surface area (Å²) in [6.07, 6.45) is 4.24. The van der Waals surface area contributed by atoms with Crippen LogP contribution in [0.4, 0.5) is 4.39 Å². The van der Waals surface area contributed by atoms with E-state index in [1.807, 2.05) is 26.0 Å². The molecule has 0 fully saturated rings. The Kier molecular flexibility index (Phi) is 10.3. The molecule has 0 saturated carbocycles. The van der Waals surface area contributed by atoms with E-state index >= 15 is 0 Å². The Balaban J connectivity index is 2.94. The first-order chi connectivity index (χ1) is 11.0. The summed E-state index contributed by atoms with van der Waals surface area (Å²) in [5.41, 5.74) is 0. The Morgan fingerprint density at radius 1 is 1.13 bits per heavy atom. The van der Waals surface area contributed by atoms with Gasteiger partial charge < -0.3 is 0 Å². The van der Waals surface area contributed by atoms with E-state index in [2.05, 4.69) is 6.92 Å². The van der Waals surface area contributed by atoms with Gasteiger partial charge in [0, 0.05) is 0 Å². The van der Waals surface area contributed by atoms with Crippen LogP contribution in [0.2, 0.25) is 0 Å². The van der Waals surface area contributed by atoms with Gasteiger partial charge in [-0.1, -0.05) is 0 Å². The van der Waals surface area contributed by atoms with E-state index < -0.39 is 28.5 Å². The van der Waals surface area contributed by atoms with Gasteiger partial charge in [-0.15, -0.1) is 0 Å². The second-order valence-electron chi connectivity index (χ2n) is 4.98. The molecule has 23 heavy (non-hydrogen) atoms. The van der Waals surface area contributed by atoms with Crippen molar-refractivity contribution in [2.45, 2.75) is 46.5 Å². The van der Waals surface area contributed by atoms with E-state index in [0.29, 0.717) is 13.2 Å². The van der Waals surface area contributed by atoms with Crippen LogP contribution >= 0.6 is 7.60 Å². The second-order valence-corrected chi connectivity index (χ2v) is 10.3. The summed E-state index contributed by atoms with van der Waals surface area (Å²) in [7, 11) is -3.17. The summed E-state index contributed by atoms with van der Waals surface area (Å²) >= 11 is -0.702. The standard InChI is InChI=1S/C17H26FO3PTe/c1-4-7-8-9-17(14-22(19,20-5-2)21-6-3)23-16-12-10-15(18)11-13-16/h10-14H,4-9H2,1-3H3/b17-14-. The molecular weight excluding hydrogens is 430 g/mol. The van der Waals surface area contributed by atoms with Crippen LogP contribution in [0.15, 0.2) is 33.7 Å². The molecule has 0 bridgehead atoms. The Hall–Kier alpha value is -0.170. The van der Waals surface area contributed by atoms with Crippen molar-refractivity contribution in [3.63, 3.8) is 0 Å². The molecule has 1 aromatic rings. The number of unbranched alkanes of at least 4 members (excludes halogenated alkanes) is 2. The molecule has 0 aliphatic rings. The molecule has 0 aliphatic heterocycles. The fourth-order valence-corrected chi connectivity index (χ4v) is 7.37. The number of allylic oxidation sites excluding steroid dienone is 1. The van der Waals surface area contributed by atoms with Crippen molar-refractivity contribution in [3.05, 3.63) is 39.5 Å². The molecule has 1 aromatic carbocycles. The third kappa shape index (κ3) is 8.47. The Morgan fingerprint density at radius 2 is 1.74 bits per heavy atom. The van der Waals surface area contributed by atoms with E-state index in [0.717, 1.165) is 32.9 Å². The zero-order chi connectivity index (χ0) is 17.1. The molecule has 1 rings (SSSR count). The zero-order valence-electron chi connectivity index (χ0n) is 14.1. The first-order valence-electron chi connectivity index (χ1n) is 8.07. The van der Waals surface area contributed by atoms with Crippen LogP contribution in [-0.4, -0.2) is 34.1 Å². The van der Waals surface area contributed by atoms with Crippen molar-refractivity contribution >= 4 is 32.1 Å². The first kappa shape index (κ1) is 20.9. The topological polar surface area (TPSA) is 35.5 Å². The average Bonchev–Trinajstić information content (AvgIpc) is 2.50. The van der Waals surface area contributed by atoms with Gasteiger partial charge >= 0.3 is 149 Å². The van der Waals surface area contributed by atoms with Crippen molar-refractivity contribution < 1.29 is 18.0 Å². The molecule has 3 nitrogen and oxygen atoms in total. The van der Waals surface area contributed by atoms with Gasteiger partial charge in [0.2, 0.25) is 0 Å². The Labute approximate surface area is 149 Å². The third-order valence-corrected chi connectivity index (χ3v) is 8.53. The minimum atomic E-state index is -3.17. The van der Waals surface area contributed by atoms with Crippen LogP contribution in [0.5, 0.6) is 0 Å². The molecule has 0 unspecified atom stereocenters.